The van der Waals surface area contributed by atoms with Crippen LogP contribution in [-0.4, -0.2) is 27.0 Å². The zero-order chi connectivity index (χ0) is 19.6. The number of hydrogen-bond acceptors (Lipinski definition) is 3. The van der Waals surface area contributed by atoms with E-state index in [1.165, 1.54) is 21.3 Å². The van der Waals surface area contributed by atoms with Crippen LogP contribution in [0.25, 0.3) is 11.0 Å². The fourth-order valence-electron chi connectivity index (χ4n) is 2.70. The molecule has 1 aromatic heterocycles. The van der Waals surface area contributed by atoms with E-state index < -0.39 is 17.8 Å². The van der Waals surface area contributed by atoms with Crippen LogP contribution in [-0.2, 0) is 18.4 Å². The second kappa shape index (κ2) is 7.51. The van der Waals surface area contributed by atoms with Gasteiger partial charge in [0.25, 0.3) is 0 Å². The third-order valence-corrected chi connectivity index (χ3v) is 5.04. The van der Waals surface area contributed by atoms with E-state index in [1.54, 1.807) is 43.4 Å². The van der Waals surface area contributed by atoms with E-state index in [0.29, 0.717) is 27.7 Å². The Labute approximate surface area is 156 Å². The minimum atomic E-state index is -4.31. The SMILES string of the molecule is Cn1c(=O)n(CC(=O)Nc2ccccc2SCC(F)(F)F)c2ccccc21. The lowest BCUT2D eigenvalue weighted by atomic mass is 10.3. The molecular formula is C18H16F3N3O2S. The van der Waals surface area contributed by atoms with E-state index >= 15 is 0 Å². The van der Waals surface area contributed by atoms with E-state index in [-0.39, 0.29) is 17.9 Å². The molecule has 0 aliphatic heterocycles. The Bertz CT molecular complexity index is 1040. The summed E-state index contributed by atoms with van der Waals surface area (Å²) < 4.78 is 40.2. The monoisotopic (exact) mass is 395 g/mol. The molecule has 0 atom stereocenters. The Morgan fingerprint density at radius 3 is 2.41 bits per heavy atom. The molecule has 3 aromatic rings. The standard InChI is InChI=1S/C18H16F3N3O2S/c1-23-13-7-3-4-8-14(13)24(17(23)26)10-16(25)22-12-6-2-5-9-15(12)27-11-18(19,20)21/h2-9H,10-11H2,1H3,(H,22,25). The summed E-state index contributed by atoms with van der Waals surface area (Å²) in [5, 5.41) is 2.60. The number of halogens is 3. The molecule has 1 N–H and O–H groups in total. The molecule has 0 radical (unpaired) electrons. The van der Waals surface area contributed by atoms with Crippen molar-refractivity contribution in [3.05, 3.63) is 59.0 Å². The number of imidazole rings is 1. The Kier molecular flexibility index (Phi) is 5.31. The van der Waals surface area contributed by atoms with E-state index in [9.17, 15) is 22.8 Å². The number of hydrogen-bond donors (Lipinski definition) is 1. The Hall–Kier alpha value is -2.68. The number of alkyl halides is 3. The van der Waals surface area contributed by atoms with Crippen LogP contribution in [0, 0.1) is 0 Å². The second-order valence-electron chi connectivity index (χ2n) is 5.86. The molecule has 0 aliphatic rings. The topological polar surface area (TPSA) is 56.0 Å². The number of benzene rings is 2. The molecule has 2 aromatic carbocycles. The number of anilines is 1. The normalized spacial score (nSPS) is 11.7. The maximum atomic E-state index is 12.5. The summed E-state index contributed by atoms with van der Waals surface area (Å²) in [5.74, 6) is -1.55. The molecule has 0 bridgehead atoms. The number of carbonyl (C=O) groups excluding carboxylic acids is 1. The first kappa shape index (κ1) is 19.1. The fourth-order valence-corrected chi connectivity index (χ4v) is 3.47. The van der Waals surface area contributed by atoms with Gasteiger partial charge in [0, 0.05) is 11.9 Å². The van der Waals surface area contributed by atoms with Gasteiger partial charge in [0.15, 0.2) is 0 Å². The number of rotatable bonds is 5. The average Bonchev–Trinajstić information content (AvgIpc) is 2.86. The van der Waals surface area contributed by atoms with Crippen LogP contribution in [0.5, 0.6) is 0 Å². The zero-order valence-electron chi connectivity index (χ0n) is 14.3. The first-order valence-corrected chi connectivity index (χ1v) is 8.97. The third kappa shape index (κ3) is 4.36. The predicted octanol–water partition coefficient (Wildman–Crippen LogP) is 3.63. The third-order valence-electron chi connectivity index (χ3n) is 3.91. The number of carbonyl (C=O) groups is 1. The van der Waals surface area contributed by atoms with Gasteiger partial charge in [0.2, 0.25) is 5.91 Å². The number of fused-ring (bicyclic) bond motifs is 1. The number of aryl methyl sites for hydroxylation is 1. The molecule has 3 rings (SSSR count). The highest BCUT2D eigenvalue weighted by atomic mass is 32.2. The van der Waals surface area contributed by atoms with Gasteiger partial charge < -0.3 is 5.32 Å². The number of nitrogens with one attached hydrogen (secondary N) is 1. The molecule has 0 spiro atoms. The van der Waals surface area contributed by atoms with Crippen LogP contribution < -0.4 is 11.0 Å². The van der Waals surface area contributed by atoms with E-state index in [4.69, 9.17) is 0 Å². The van der Waals surface area contributed by atoms with Crippen LogP contribution in [0.4, 0.5) is 18.9 Å². The number of amides is 1. The molecular weight excluding hydrogens is 379 g/mol. The quantitative estimate of drug-likeness (QED) is 0.672. The van der Waals surface area contributed by atoms with Crippen LogP contribution in [0.3, 0.4) is 0 Å². The molecule has 1 heterocycles. The van der Waals surface area contributed by atoms with Crippen molar-refractivity contribution >= 4 is 34.4 Å². The van der Waals surface area contributed by atoms with E-state index in [1.807, 2.05) is 0 Å². The predicted molar refractivity (Wildman–Crippen MR) is 99.0 cm³/mol. The van der Waals surface area contributed by atoms with Gasteiger partial charge in [-0.05, 0) is 24.3 Å². The van der Waals surface area contributed by atoms with Crippen molar-refractivity contribution in [2.45, 2.75) is 17.6 Å². The van der Waals surface area contributed by atoms with Crippen LogP contribution in [0.15, 0.2) is 58.2 Å². The van der Waals surface area contributed by atoms with Gasteiger partial charge in [0.1, 0.15) is 6.54 Å². The second-order valence-corrected chi connectivity index (χ2v) is 6.88. The van der Waals surface area contributed by atoms with Crippen LogP contribution in [0.2, 0.25) is 0 Å². The lowest BCUT2D eigenvalue weighted by Crippen LogP contribution is -2.28. The van der Waals surface area contributed by atoms with E-state index in [0.717, 1.165) is 0 Å². The average molecular weight is 395 g/mol. The van der Waals surface area contributed by atoms with Crippen LogP contribution in [0.1, 0.15) is 0 Å². The highest BCUT2D eigenvalue weighted by Gasteiger charge is 2.27. The van der Waals surface area contributed by atoms with Crippen molar-refractivity contribution in [2.75, 3.05) is 11.1 Å². The summed E-state index contributed by atoms with van der Waals surface area (Å²) in [4.78, 5) is 25.1. The summed E-state index contributed by atoms with van der Waals surface area (Å²) >= 11 is 0.600. The van der Waals surface area contributed by atoms with Gasteiger partial charge in [-0.1, -0.05) is 24.3 Å². The number of nitrogens with zero attached hydrogens (tertiary/aromatic N) is 2. The van der Waals surface area contributed by atoms with Crippen molar-refractivity contribution in [3.63, 3.8) is 0 Å². The van der Waals surface area contributed by atoms with Gasteiger partial charge in [0.05, 0.1) is 22.5 Å². The lowest BCUT2D eigenvalue weighted by molar-refractivity contribution is -0.116. The number of thioether (sulfide) groups is 1. The molecule has 5 nitrogen and oxygen atoms in total. The minimum Gasteiger partial charge on any atom is -0.324 e. The van der Waals surface area contributed by atoms with Gasteiger partial charge >= 0.3 is 11.9 Å². The summed E-state index contributed by atoms with van der Waals surface area (Å²) in [6, 6.07) is 13.3. The van der Waals surface area contributed by atoms with Crippen molar-refractivity contribution in [1.82, 2.24) is 9.13 Å². The summed E-state index contributed by atoms with van der Waals surface area (Å²) in [5.41, 5.74) is 1.24. The highest BCUT2D eigenvalue weighted by molar-refractivity contribution is 7.99. The van der Waals surface area contributed by atoms with Gasteiger partial charge in [-0.15, -0.1) is 11.8 Å². The largest absolute Gasteiger partial charge is 0.398 e. The first-order chi connectivity index (χ1) is 12.8. The zero-order valence-corrected chi connectivity index (χ0v) is 15.1. The molecule has 0 saturated heterocycles. The smallest absolute Gasteiger partial charge is 0.324 e. The van der Waals surface area contributed by atoms with Crippen molar-refractivity contribution in [2.24, 2.45) is 7.05 Å². The fraction of sp³-hybridized carbons (Fsp3) is 0.222. The molecule has 0 aliphatic carbocycles. The molecule has 0 saturated carbocycles. The Morgan fingerprint density at radius 2 is 1.70 bits per heavy atom. The maximum Gasteiger partial charge on any atom is 0.398 e. The first-order valence-electron chi connectivity index (χ1n) is 7.99. The van der Waals surface area contributed by atoms with Crippen LogP contribution >= 0.6 is 11.8 Å². The maximum absolute atomic E-state index is 12.5. The van der Waals surface area contributed by atoms with Gasteiger partial charge in [-0.2, -0.15) is 13.2 Å². The summed E-state index contributed by atoms with van der Waals surface area (Å²) in [7, 11) is 1.61. The lowest BCUT2D eigenvalue weighted by Gasteiger charge is -2.12. The van der Waals surface area contributed by atoms with Crippen molar-refractivity contribution in [1.29, 1.82) is 0 Å². The molecule has 9 heteroatoms. The number of para-hydroxylation sites is 3. The highest BCUT2D eigenvalue weighted by Crippen LogP contribution is 2.32. The van der Waals surface area contributed by atoms with Gasteiger partial charge in [-0.3, -0.25) is 13.9 Å². The summed E-state index contributed by atoms with van der Waals surface area (Å²) in [6.45, 7) is -0.238. The molecule has 1 amide bonds. The molecule has 0 unspecified atom stereocenters. The Morgan fingerprint density at radius 1 is 1.07 bits per heavy atom. The molecule has 27 heavy (non-hydrogen) atoms. The summed E-state index contributed by atoms with van der Waals surface area (Å²) in [6.07, 6.45) is -4.31. The van der Waals surface area contributed by atoms with E-state index in [2.05, 4.69) is 5.32 Å². The van der Waals surface area contributed by atoms with Crippen molar-refractivity contribution < 1.29 is 18.0 Å². The molecule has 0 fully saturated rings. The van der Waals surface area contributed by atoms with Gasteiger partial charge in [-0.25, -0.2) is 4.79 Å². The minimum absolute atomic E-state index is 0.238. The Balaban J connectivity index is 1.80. The molecule has 142 valence electrons. The number of aromatic nitrogens is 2. The van der Waals surface area contributed by atoms with Crippen molar-refractivity contribution in [3.8, 4) is 0 Å².